The van der Waals surface area contributed by atoms with Gasteiger partial charge in [0.15, 0.2) is 0 Å². The lowest BCUT2D eigenvalue weighted by atomic mass is 10.2. The van der Waals surface area contributed by atoms with Crippen molar-refractivity contribution >= 4 is 22.6 Å². The van der Waals surface area contributed by atoms with Crippen molar-refractivity contribution in [3.63, 3.8) is 0 Å². The number of aliphatic carboxylic acids is 1. The van der Waals surface area contributed by atoms with Gasteiger partial charge in [0.2, 0.25) is 0 Å². The van der Waals surface area contributed by atoms with E-state index < -0.39 is 5.97 Å². The Balaban J connectivity index is 2.08. The summed E-state index contributed by atoms with van der Waals surface area (Å²) in [4.78, 5) is 12.9. The number of carbonyl (C=O) groups is 1. The number of hydrogen-bond acceptors (Lipinski definition) is 4. The van der Waals surface area contributed by atoms with Crippen LogP contribution in [0.3, 0.4) is 0 Å². The molecule has 1 aliphatic rings. The summed E-state index contributed by atoms with van der Waals surface area (Å²) < 4.78 is 0. The highest BCUT2D eigenvalue weighted by Crippen LogP contribution is 2.34. The molecule has 1 fully saturated rings. The van der Waals surface area contributed by atoms with Gasteiger partial charge < -0.3 is 10.0 Å². The molecule has 1 heterocycles. The Morgan fingerprint density at radius 3 is 2.89 bits per heavy atom. The molecule has 1 aromatic heterocycles. The van der Waals surface area contributed by atoms with Crippen LogP contribution in [0, 0.1) is 0 Å². The molecule has 18 heavy (non-hydrogen) atoms. The molecule has 1 saturated carbocycles. The summed E-state index contributed by atoms with van der Waals surface area (Å²) in [7, 11) is 0. The molecule has 1 aliphatic carbocycles. The van der Waals surface area contributed by atoms with E-state index in [1.54, 1.807) is 6.20 Å². The summed E-state index contributed by atoms with van der Waals surface area (Å²) in [5.41, 5.74) is 1.66. The van der Waals surface area contributed by atoms with Crippen LogP contribution in [0.4, 0.5) is 5.69 Å². The Labute approximate surface area is 104 Å². The number of carboxylic acid groups (broad SMARTS) is 1. The molecule has 3 rings (SSSR count). The summed E-state index contributed by atoms with van der Waals surface area (Å²) in [5.74, 6) is -0.817. The maximum absolute atomic E-state index is 11.0. The molecular weight excluding hydrogens is 230 g/mol. The fraction of sp³-hybridized carbons (Fsp3) is 0.308. The van der Waals surface area contributed by atoms with Crippen LogP contribution >= 0.6 is 0 Å². The Morgan fingerprint density at radius 2 is 2.17 bits per heavy atom. The first-order valence-electron chi connectivity index (χ1n) is 5.94. The van der Waals surface area contributed by atoms with Crippen molar-refractivity contribution < 1.29 is 9.90 Å². The summed E-state index contributed by atoms with van der Waals surface area (Å²) >= 11 is 0. The molecule has 0 atom stereocenters. The maximum atomic E-state index is 11.0. The van der Waals surface area contributed by atoms with Crippen LogP contribution in [0.5, 0.6) is 0 Å². The van der Waals surface area contributed by atoms with E-state index in [2.05, 4.69) is 10.2 Å². The summed E-state index contributed by atoms with van der Waals surface area (Å²) in [6.45, 7) is 0.0142. The Morgan fingerprint density at radius 1 is 1.39 bits per heavy atom. The third-order valence-corrected chi connectivity index (χ3v) is 3.13. The monoisotopic (exact) mass is 243 g/mol. The van der Waals surface area contributed by atoms with Crippen molar-refractivity contribution in [2.75, 3.05) is 11.4 Å². The van der Waals surface area contributed by atoms with Gasteiger partial charge in [0, 0.05) is 11.4 Å². The molecule has 1 N–H and O–H groups in total. The zero-order valence-electron chi connectivity index (χ0n) is 9.78. The Bertz CT molecular complexity index is 590. The topological polar surface area (TPSA) is 66.3 Å². The number of nitrogens with zero attached hydrogens (tertiary/aromatic N) is 3. The van der Waals surface area contributed by atoms with Crippen molar-refractivity contribution in [1.82, 2.24) is 10.2 Å². The van der Waals surface area contributed by atoms with E-state index in [9.17, 15) is 4.79 Å². The number of hydrogen-bond donors (Lipinski definition) is 1. The van der Waals surface area contributed by atoms with Gasteiger partial charge in [-0.15, -0.1) is 0 Å². The zero-order chi connectivity index (χ0) is 12.5. The smallest absolute Gasteiger partial charge is 0.323 e. The van der Waals surface area contributed by atoms with Gasteiger partial charge in [0.05, 0.1) is 17.4 Å². The van der Waals surface area contributed by atoms with E-state index in [1.165, 1.54) is 0 Å². The van der Waals surface area contributed by atoms with Gasteiger partial charge in [-0.2, -0.15) is 10.2 Å². The number of benzene rings is 1. The fourth-order valence-corrected chi connectivity index (χ4v) is 2.16. The van der Waals surface area contributed by atoms with Crippen LogP contribution in [0.2, 0.25) is 0 Å². The van der Waals surface area contributed by atoms with Gasteiger partial charge >= 0.3 is 5.97 Å². The lowest BCUT2D eigenvalue weighted by Gasteiger charge is -2.23. The predicted octanol–water partition coefficient (Wildman–Crippen LogP) is 1.68. The molecule has 5 heteroatoms. The summed E-state index contributed by atoms with van der Waals surface area (Å²) in [6, 6.07) is 8.00. The average Bonchev–Trinajstić information content (AvgIpc) is 3.19. The summed E-state index contributed by atoms with van der Waals surface area (Å²) in [6.07, 6.45) is 3.75. The molecule has 5 nitrogen and oxygen atoms in total. The number of rotatable bonds is 4. The third kappa shape index (κ3) is 1.99. The van der Waals surface area contributed by atoms with Crippen LogP contribution in [0.15, 0.2) is 30.5 Å². The standard InChI is InChI=1S/C13H13N3O2/c17-13(18)8-16(9-5-6-9)12-7-14-15-11-4-2-1-3-10(11)12/h1-4,7,9H,5-6,8H2,(H,17,18). The van der Waals surface area contributed by atoms with Crippen LogP contribution in [-0.2, 0) is 4.79 Å². The van der Waals surface area contributed by atoms with Gasteiger partial charge in [-0.1, -0.05) is 18.2 Å². The first-order chi connectivity index (χ1) is 8.75. The third-order valence-electron chi connectivity index (χ3n) is 3.13. The molecular formula is C13H13N3O2. The van der Waals surface area contributed by atoms with E-state index in [4.69, 9.17) is 5.11 Å². The first kappa shape index (κ1) is 11.0. The van der Waals surface area contributed by atoms with Crippen LogP contribution in [0.25, 0.3) is 10.9 Å². The van der Waals surface area contributed by atoms with Crippen LogP contribution in [-0.4, -0.2) is 33.9 Å². The van der Waals surface area contributed by atoms with E-state index in [1.807, 2.05) is 29.2 Å². The Hall–Kier alpha value is -2.17. The maximum Gasteiger partial charge on any atom is 0.323 e. The average molecular weight is 243 g/mol. The van der Waals surface area contributed by atoms with Crippen molar-refractivity contribution in [1.29, 1.82) is 0 Å². The Kier molecular flexibility index (Phi) is 2.59. The molecule has 0 spiro atoms. The number of aromatic nitrogens is 2. The molecule has 0 saturated heterocycles. The second kappa shape index (κ2) is 4.25. The molecule has 2 aromatic rings. The SMILES string of the molecule is O=C(O)CN(c1cnnc2ccccc12)C1CC1. The molecule has 0 radical (unpaired) electrons. The van der Waals surface area contributed by atoms with E-state index >= 15 is 0 Å². The van der Waals surface area contributed by atoms with Crippen LogP contribution in [0.1, 0.15) is 12.8 Å². The minimum absolute atomic E-state index is 0.0142. The second-order valence-corrected chi connectivity index (χ2v) is 4.50. The normalized spacial score (nSPS) is 14.7. The van der Waals surface area contributed by atoms with E-state index in [-0.39, 0.29) is 6.54 Å². The minimum atomic E-state index is -0.817. The molecule has 0 aliphatic heterocycles. The highest BCUT2D eigenvalue weighted by Gasteiger charge is 2.31. The van der Waals surface area contributed by atoms with Crippen molar-refractivity contribution in [2.24, 2.45) is 0 Å². The highest BCUT2D eigenvalue weighted by molar-refractivity contribution is 5.92. The van der Waals surface area contributed by atoms with Crippen molar-refractivity contribution in [3.05, 3.63) is 30.5 Å². The van der Waals surface area contributed by atoms with Gasteiger partial charge in [-0.3, -0.25) is 4.79 Å². The van der Waals surface area contributed by atoms with Gasteiger partial charge in [-0.05, 0) is 18.9 Å². The van der Waals surface area contributed by atoms with Crippen LogP contribution < -0.4 is 4.90 Å². The van der Waals surface area contributed by atoms with Gasteiger partial charge in [0.25, 0.3) is 0 Å². The van der Waals surface area contributed by atoms with Crippen molar-refractivity contribution in [2.45, 2.75) is 18.9 Å². The van der Waals surface area contributed by atoms with Gasteiger partial charge in [-0.25, -0.2) is 0 Å². The predicted molar refractivity (Wildman–Crippen MR) is 67.5 cm³/mol. The molecule has 1 aromatic carbocycles. The quantitative estimate of drug-likeness (QED) is 0.885. The fourth-order valence-electron chi connectivity index (χ4n) is 2.16. The van der Waals surface area contributed by atoms with E-state index in [0.717, 1.165) is 29.4 Å². The minimum Gasteiger partial charge on any atom is -0.480 e. The second-order valence-electron chi connectivity index (χ2n) is 4.50. The van der Waals surface area contributed by atoms with E-state index in [0.29, 0.717) is 6.04 Å². The highest BCUT2D eigenvalue weighted by atomic mass is 16.4. The number of carboxylic acids is 1. The number of fused-ring (bicyclic) bond motifs is 1. The summed E-state index contributed by atoms with van der Waals surface area (Å²) in [5, 5.41) is 18.0. The zero-order valence-corrected chi connectivity index (χ0v) is 9.78. The molecule has 0 amide bonds. The van der Waals surface area contributed by atoms with Crippen molar-refractivity contribution in [3.8, 4) is 0 Å². The first-order valence-corrected chi connectivity index (χ1v) is 5.94. The largest absolute Gasteiger partial charge is 0.480 e. The molecule has 0 bridgehead atoms. The molecule has 92 valence electrons. The van der Waals surface area contributed by atoms with Gasteiger partial charge in [0.1, 0.15) is 6.54 Å². The number of anilines is 1. The lowest BCUT2D eigenvalue weighted by molar-refractivity contribution is -0.135. The molecule has 0 unspecified atom stereocenters. The lowest BCUT2D eigenvalue weighted by Crippen LogP contribution is -2.32.